The molecule has 0 atom stereocenters. The van der Waals surface area contributed by atoms with Crippen LogP contribution in [0.15, 0.2) is 42.5 Å². The topological polar surface area (TPSA) is 47.4 Å². The summed E-state index contributed by atoms with van der Waals surface area (Å²) in [6.45, 7) is 2.28. The lowest BCUT2D eigenvalue weighted by Gasteiger charge is -2.37. The number of aromatic nitrogens is 2. The maximum absolute atomic E-state index is 13.1. The molecule has 30 heavy (non-hydrogen) atoms. The predicted octanol–water partition coefficient (Wildman–Crippen LogP) is 4.48. The summed E-state index contributed by atoms with van der Waals surface area (Å²) in [4.78, 5) is 15.0. The number of carbonyl (C=O) groups is 1. The van der Waals surface area contributed by atoms with Crippen LogP contribution in [0.4, 0.5) is 8.78 Å². The average Bonchev–Trinajstić information content (AvgIpc) is 3.29. The summed E-state index contributed by atoms with van der Waals surface area (Å²) < 4.78 is 32.8. The third-order valence-corrected chi connectivity index (χ3v) is 6.18. The zero-order valence-electron chi connectivity index (χ0n) is 16.2. The van der Waals surface area contributed by atoms with Crippen molar-refractivity contribution in [2.24, 2.45) is 5.41 Å². The molecule has 2 saturated heterocycles. The smallest absolute Gasteiger partial charge is 0.257 e. The van der Waals surface area contributed by atoms with E-state index < -0.39 is 13.0 Å². The average molecular weight is 432 g/mol. The van der Waals surface area contributed by atoms with Gasteiger partial charge in [0.15, 0.2) is 0 Å². The number of likely N-dealkylation sites (tertiary alicyclic amines) is 1. The third-order valence-electron chi connectivity index (χ3n) is 5.95. The molecule has 1 amide bonds. The molecule has 0 aliphatic carbocycles. The fraction of sp³-hybridized carbons (Fsp3) is 0.364. The molecule has 5 nitrogen and oxygen atoms in total. The summed E-state index contributed by atoms with van der Waals surface area (Å²) in [6, 6.07) is 12.2. The Bertz CT molecular complexity index is 1130. The lowest BCUT2D eigenvalue weighted by Crippen LogP contribution is -2.45. The lowest BCUT2D eigenvalue weighted by molar-refractivity contribution is -0.103. The number of benzene rings is 2. The molecule has 3 aromatic rings. The standard InChI is InChI=1S/C22H20ClF2N3O2/c23-16-3-1-2-14(8-16)20-17-9-15(4-5-18(17)28(26-20)10-19(24)25)21(29)27-7-6-22(11-27)12-30-13-22/h1-5,8-9,19H,6-7,10-13H2. The molecule has 1 spiro atoms. The largest absolute Gasteiger partial charge is 0.380 e. The molecule has 0 radical (unpaired) electrons. The Morgan fingerprint density at radius 2 is 2.07 bits per heavy atom. The number of nitrogens with zero attached hydrogens (tertiary/aromatic N) is 3. The van der Waals surface area contributed by atoms with Crippen molar-refractivity contribution in [3.8, 4) is 11.3 Å². The number of rotatable bonds is 4. The van der Waals surface area contributed by atoms with Crippen molar-refractivity contribution < 1.29 is 18.3 Å². The van der Waals surface area contributed by atoms with E-state index in [0.29, 0.717) is 53.5 Å². The van der Waals surface area contributed by atoms with Gasteiger partial charge >= 0.3 is 0 Å². The first-order valence-electron chi connectivity index (χ1n) is 9.86. The molecule has 0 bridgehead atoms. The number of carbonyl (C=O) groups excluding carboxylic acids is 1. The molecule has 2 aromatic carbocycles. The summed E-state index contributed by atoms with van der Waals surface area (Å²) >= 11 is 6.13. The van der Waals surface area contributed by atoms with Gasteiger partial charge in [0.05, 0.1) is 18.7 Å². The van der Waals surface area contributed by atoms with E-state index in [1.54, 1.807) is 36.4 Å². The number of fused-ring (bicyclic) bond motifs is 1. The fourth-order valence-corrected chi connectivity index (χ4v) is 4.54. The van der Waals surface area contributed by atoms with Crippen LogP contribution in [0.2, 0.25) is 5.02 Å². The highest BCUT2D eigenvalue weighted by Crippen LogP contribution is 2.38. The Hall–Kier alpha value is -2.51. The minimum absolute atomic E-state index is 0.0562. The fourth-order valence-electron chi connectivity index (χ4n) is 4.35. The third kappa shape index (κ3) is 3.36. The van der Waals surface area contributed by atoms with E-state index in [9.17, 15) is 13.6 Å². The van der Waals surface area contributed by atoms with Crippen LogP contribution in [0.5, 0.6) is 0 Å². The van der Waals surface area contributed by atoms with Crippen LogP contribution in [0.25, 0.3) is 22.2 Å². The van der Waals surface area contributed by atoms with Crippen molar-refractivity contribution in [3.63, 3.8) is 0 Å². The minimum atomic E-state index is -2.54. The highest BCUT2D eigenvalue weighted by atomic mass is 35.5. The first kappa shape index (κ1) is 19.5. The van der Waals surface area contributed by atoms with Crippen LogP contribution in [-0.2, 0) is 11.3 Å². The number of hydrogen-bond donors (Lipinski definition) is 0. The predicted molar refractivity (Wildman–Crippen MR) is 110 cm³/mol. The second-order valence-electron chi connectivity index (χ2n) is 8.13. The van der Waals surface area contributed by atoms with E-state index in [1.165, 1.54) is 4.68 Å². The Morgan fingerprint density at radius 1 is 1.23 bits per heavy atom. The molecule has 2 aliphatic rings. The van der Waals surface area contributed by atoms with Crippen molar-refractivity contribution in [1.29, 1.82) is 0 Å². The summed E-state index contributed by atoms with van der Waals surface area (Å²) in [6.07, 6.45) is -1.59. The number of amides is 1. The Morgan fingerprint density at radius 3 is 2.73 bits per heavy atom. The van der Waals surface area contributed by atoms with Crippen molar-refractivity contribution >= 4 is 28.4 Å². The van der Waals surface area contributed by atoms with Crippen LogP contribution in [0.1, 0.15) is 16.8 Å². The summed E-state index contributed by atoms with van der Waals surface area (Å²) in [7, 11) is 0. The number of ether oxygens (including phenoxy) is 1. The van der Waals surface area contributed by atoms with E-state index in [2.05, 4.69) is 5.10 Å². The highest BCUT2D eigenvalue weighted by Gasteiger charge is 2.45. The van der Waals surface area contributed by atoms with Gasteiger partial charge in [0.25, 0.3) is 12.3 Å². The van der Waals surface area contributed by atoms with Crippen molar-refractivity contribution in [1.82, 2.24) is 14.7 Å². The van der Waals surface area contributed by atoms with Gasteiger partial charge in [0, 0.05) is 40.0 Å². The maximum Gasteiger partial charge on any atom is 0.257 e. The molecule has 3 heterocycles. The second-order valence-corrected chi connectivity index (χ2v) is 8.57. The van der Waals surface area contributed by atoms with Crippen LogP contribution in [0, 0.1) is 5.41 Å². The molecular weight excluding hydrogens is 412 g/mol. The van der Waals surface area contributed by atoms with Crippen molar-refractivity contribution in [3.05, 3.63) is 53.1 Å². The van der Waals surface area contributed by atoms with Gasteiger partial charge in [-0.2, -0.15) is 5.10 Å². The zero-order valence-corrected chi connectivity index (χ0v) is 16.9. The van der Waals surface area contributed by atoms with Crippen molar-refractivity contribution in [2.75, 3.05) is 26.3 Å². The SMILES string of the molecule is O=C(c1ccc2c(c1)c(-c1cccc(Cl)c1)nn2CC(F)F)N1CCC2(COC2)C1. The van der Waals surface area contributed by atoms with E-state index in [-0.39, 0.29) is 11.3 Å². The van der Waals surface area contributed by atoms with Gasteiger partial charge < -0.3 is 9.64 Å². The molecule has 156 valence electrons. The lowest BCUT2D eigenvalue weighted by atomic mass is 9.85. The van der Waals surface area contributed by atoms with Gasteiger partial charge in [-0.1, -0.05) is 23.7 Å². The molecule has 0 unspecified atom stereocenters. The minimum Gasteiger partial charge on any atom is -0.380 e. The molecule has 0 N–H and O–H groups in total. The normalized spacial score (nSPS) is 17.8. The molecular formula is C22H20ClF2N3O2. The van der Waals surface area contributed by atoms with Gasteiger partial charge in [-0.05, 0) is 36.8 Å². The molecule has 0 saturated carbocycles. The molecule has 8 heteroatoms. The summed E-state index contributed by atoms with van der Waals surface area (Å²) in [5.74, 6) is -0.0562. The maximum atomic E-state index is 13.1. The van der Waals surface area contributed by atoms with E-state index in [1.807, 2.05) is 11.0 Å². The van der Waals surface area contributed by atoms with Gasteiger partial charge in [-0.15, -0.1) is 0 Å². The van der Waals surface area contributed by atoms with Gasteiger partial charge in [0.2, 0.25) is 0 Å². The second kappa shape index (κ2) is 7.32. The first-order valence-corrected chi connectivity index (χ1v) is 10.2. The van der Waals surface area contributed by atoms with Gasteiger partial charge in [0.1, 0.15) is 12.2 Å². The Balaban J connectivity index is 1.55. The van der Waals surface area contributed by atoms with Gasteiger partial charge in [-0.25, -0.2) is 8.78 Å². The zero-order chi connectivity index (χ0) is 20.9. The van der Waals surface area contributed by atoms with E-state index in [0.717, 1.165) is 12.0 Å². The number of hydrogen-bond acceptors (Lipinski definition) is 3. The van der Waals surface area contributed by atoms with Crippen LogP contribution >= 0.6 is 11.6 Å². The van der Waals surface area contributed by atoms with Crippen molar-refractivity contribution in [2.45, 2.75) is 19.4 Å². The summed E-state index contributed by atoms with van der Waals surface area (Å²) in [5, 5.41) is 5.61. The van der Waals surface area contributed by atoms with Gasteiger partial charge in [-0.3, -0.25) is 9.48 Å². The van der Waals surface area contributed by atoms with E-state index >= 15 is 0 Å². The van der Waals surface area contributed by atoms with E-state index in [4.69, 9.17) is 16.3 Å². The first-order chi connectivity index (χ1) is 14.4. The quantitative estimate of drug-likeness (QED) is 0.611. The molecule has 1 aromatic heterocycles. The molecule has 5 rings (SSSR count). The number of halogens is 3. The highest BCUT2D eigenvalue weighted by molar-refractivity contribution is 6.30. The monoisotopic (exact) mass is 431 g/mol. The molecule has 2 aliphatic heterocycles. The van der Waals surface area contributed by atoms with Crippen LogP contribution in [0.3, 0.4) is 0 Å². The van der Waals surface area contributed by atoms with Crippen LogP contribution in [-0.4, -0.2) is 53.3 Å². The Labute approximate surface area is 177 Å². The molecule has 2 fully saturated rings. The van der Waals surface area contributed by atoms with Crippen LogP contribution < -0.4 is 0 Å². The Kier molecular flexibility index (Phi) is 4.75. The number of alkyl halides is 2. The summed E-state index contributed by atoms with van der Waals surface area (Å²) in [5.41, 5.74) is 2.45.